The SMILES string of the molecule is Cc1c(-c2cc(Nc3ccc(CN(C)C)cn3)c(=O)n(C)n2)cccc1-n1ncc2cc(C(C)(C)C)cc(F)c2c1=O. The number of aromatic nitrogens is 5. The van der Waals surface area contributed by atoms with E-state index in [4.69, 9.17) is 0 Å². The fraction of sp³-hybridized carbons (Fsp3) is 0.281. The van der Waals surface area contributed by atoms with Gasteiger partial charge in [-0.1, -0.05) is 39.0 Å². The molecule has 5 rings (SSSR count). The van der Waals surface area contributed by atoms with E-state index in [1.807, 2.05) is 71.0 Å². The summed E-state index contributed by atoms with van der Waals surface area (Å²) in [6.07, 6.45) is 3.29. The van der Waals surface area contributed by atoms with E-state index in [2.05, 4.69) is 20.5 Å². The quantitative estimate of drug-likeness (QED) is 0.305. The number of hydrogen-bond donors (Lipinski definition) is 1. The summed E-state index contributed by atoms with van der Waals surface area (Å²) >= 11 is 0. The van der Waals surface area contributed by atoms with Crippen LogP contribution in [0.5, 0.6) is 0 Å². The molecule has 0 unspecified atom stereocenters. The molecule has 42 heavy (non-hydrogen) atoms. The molecule has 0 amide bonds. The molecule has 10 heteroatoms. The molecule has 0 radical (unpaired) electrons. The molecule has 1 N–H and O–H groups in total. The minimum absolute atomic E-state index is 0.0152. The Labute approximate surface area is 243 Å². The van der Waals surface area contributed by atoms with Gasteiger partial charge in [-0.3, -0.25) is 9.59 Å². The third-order valence-corrected chi connectivity index (χ3v) is 7.16. The molecule has 3 aromatic heterocycles. The Morgan fingerprint density at radius 3 is 2.43 bits per heavy atom. The number of anilines is 2. The molecule has 216 valence electrons. The summed E-state index contributed by atoms with van der Waals surface area (Å²) in [4.78, 5) is 33.0. The maximum absolute atomic E-state index is 15.3. The van der Waals surface area contributed by atoms with Crippen molar-refractivity contribution in [2.45, 2.75) is 39.7 Å². The molecule has 0 bridgehead atoms. The van der Waals surface area contributed by atoms with Crippen molar-refractivity contribution in [1.82, 2.24) is 29.4 Å². The van der Waals surface area contributed by atoms with E-state index in [0.717, 1.165) is 17.7 Å². The van der Waals surface area contributed by atoms with Gasteiger partial charge in [-0.05, 0) is 73.5 Å². The zero-order valence-corrected chi connectivity index (χ0v) is 24.9. The Morgan fingerprint density at radius 2 is 1.76 bits per heavy atom. The molecular formula is C32H34FN7O2. The number of nitrogens with one attached hydrogen (secondary N) is 1. The average Bonchev–Trinajstić information content (AvgIpc) is 2.92. The van der Waals surface area contributed by atoms with E-state index < -0.39 is 11.4 Å². The molecule has 0 atom stereocenters. The molecule has 3 heterocycles. The second kappa shape index (κ2) is 10.9. The van der Waals surface area contributed by atoms with Crippen LogP contribution < -0.4 is 16.4 Å². The molecular weight excluding hydrogens is 533 g/mol. The molecule has 9 nitrogen and oxygen atoms in total. The Balaban J connectivity index is 1.56. The van der Waals surface area contributed by atoms with Crippen molar-refractivity contribution in [3.63, 3.8) is 0 Å². The summed E-state index contributed by atoms with van der Waals surface area (Å²) in [5.74, 6) is -0.0491. The first-order valence-corrected chi connectivity index (χ1v) is 13.6. The van der Waals surface area contributed by atoms with E-state index >= 15 is 4.39 Å². The van der Waals surface area contributed by atoms with Crippen molar-refractivity contribution < 1.29 is 4.39 Å². The summed E-state index contributed by atoms with van der Waals surface area (Å²) in [6.45, 7) is 8.56. The normalized spacial score (nSPS) is 11.8. The largest absolute Gasteiger partial charge is 0.336 e. The van der Waals surface area contributed by atoms with Gasteiger partial charge in [-0.2, -0.15) is 14.9 Å². The monoisotopic (exact) mass is 567 g/mol. The standard InChI is InChI=1S/C32H34FN7O2/c1-19-23(25-15-26(30(41)39(7)37-25)36-28-12-11-20(16-34-28)18-38(5)6)9-8-10-27(19)40-31(42)29-21(17-35-40)13-22(14-24(29)33)32(2,3)4/h8-17H,18H2,1-7H3,(H,34,36). The van der Waals surface area contributed by atoms with Gasteiger partial charge in [0.25, 0.3) is 11.1 Å². The Kier molecular flexibility index (Phi) is 7.51. The van der Waals surface area contributed by atoms with Crippen molar-refractivity contribution in [3.05, 3.63) is 104 Å². The third-order valence-electron chi connectivity index (χ3n) is 7.16. The minimum atomic E-state index is -0.578. The number of hydrogen-bond acceptors (Lipinski definition) is 7. The van der Waals surface area contributed by atoms with Crippen molar-refractivity contribution in [2.24, 2.45) is 7.05 Å². The maximum atomic E-state index is 15.3. The third kappa shape index (κ3) is 5.58. The van der Waals surface area contributed by atoms with Crippen molar-refractivity contribution in [1.29, 1.82) is 0 Å². The second-order valence-corrected chi connectivity index (χ2v) is 11.8. The molecule has 2 aromatic carbocycles. The Morgan fingerprint density at radius 1 is 1.00 bits per heavy atom. The van der Waals surface area contributed by atoms with Gasteiger partial charge in [0.05, 0.1) is 23.0 Å². The lowest BCUT2D eigenvalue weighted by molar-refractivity contribution is 0.402. The van der Waals surface area contributed by atoms with Gasteiger partial charge < -0.3 is 10.2 Å². The number of aryl methyl sites for hydroxylation is 1. The number of nitrogens with zero attached hydrogens (tertiary/aromatic N) is 6. The van der Waals surface area contributed by atoms with Crippen LogP contribution in [-0.2, 0) is 19.0 Å². The van der Waals surface area contributed by atoms with Gasteiger partial charge in [-0.15, -0.1) is 0 Å². The van der Waals surface area contributed by atoms with E-state index in [0.29, 0.717) is 39.4 Å². The highest BCUT2D eigenvalue weighted by molar-refractivity contribution is 5.83. The molecule has 0 aliphatic heterocycles. The van der Waals surface area contributed by atoms with Crippen molar-refractivity contribution in [3.8, 4) is 16.9 Å². The lowest BCUT2D eigenvalue weighted by Crippen LogP contribution is -2.24. The van der Waals surface area contributed by atoms with Gasteiger partial charge in [0.1, 0.15) is 17.3 Å². The van der Waals surface area contributed by atoms with Crippen LogP contribution in [0, 0.1) is 12.7 Å². The number of pyridine rings is 1. The van der Waals surface area contributed by atoms with Gasteiger partial charge >= 0.3 is 0 Å². The zero-order valence-electron chi connectivity index (χ0n) is 24.9. The van der Waals surface area contributed by atoms with E-state index in [9.17, 15) is 9.59 Å². The van der Waals surface area contributed by atoms with E-state index in [1.165, 1.54) is 21.6 Å². The number of halogens is 1. The van der Waals surface area contributed by atoms with Crippen molar-refractivity contribution >= 4 is 22.3 Å². The average molecular weight is 568 g/mol. The predicted molar refractivity (Wildman–Crippen MR) is 164 cm³/mol. The molecule has 0 aliphatic carbocycles. The Hall–Kier alpha value is -4.70. The second-order valence-electron chi connectivity index (χ2n) is 11.8. The number of benzene rings is 2. The summed E-state index contributed by atoms with van der Waals surface area (Å²) in [5.41, 5.74) is 3.38. The van der Waals surface area contributed by atoms with Crippen LogP contribution in [-0.4, -0.2) is 43.5 Å². The van der Waals surface area contributed by atoms with E-state index in [1.54, 1.807) is 31.4 Å². The van der Waals surface area contributed by atoms with Crippen molar-refractivity contribution in [2.75, 3.05) is 19.4 Å². The number of fused-ring (bicyclic) bond motifs is 1. The predicted octanol–water partition coefficient (Wildman–Crippen LogP) is 5.09. The van der Waals surface area contributed by atoms with Crippen LogP contribution in [0.4, 0.5) is 15.9 Å². The van der Waals surface area contributed by atoms with Gasteiger partial charge in [-0.25, -0.2) is 14.1 Å². The highest BCUT2D eigenvalue weighted by atomic mass is 19.1. The molecule has 0 aliphatic rings. The van der Waals surface area contributed by atoms with Gasteiger partial charge in [0.15, 0.2) is 0 Å². The zero-order chi connectivity index (χ0) is 30.3. The first kappa shape index (κ1) is 28.8. The van der Waals surface area contributed by atoms with Crippen LogP contribution in [0.3, 0.4) is 0 Å². The summed E-state index contributed by atoms with van der Waals surface area (Å²) in [6, 6.07) is 14.1. The smallest absolute Gasteiger partial charge is 0.290 e. The fourth-order valence-electron chi connectivity index (χ4n) is 4.89. The Bertz CT molecular complexity index is 1920. The van der Waals surface area contributed by atoms with Crippen LogP contribution in [0.2, 0.25) is 0 Å². The fourth-order valence-corrected chi connectivity index (χ4v) is 4.89. The molecule has 0 spiro atoms. The molecule has 0 fully saturated rings. The van der Waals surface area contributed by atoms with Gasteiger partial charge in [0, 0.05) is 30.7 Å². The van der Waals surface area contributed by atoms with Gasteiger partial charge in [0.2, 0.25) is 0 Å². The first-order valence-electron chi connectivity index (χ1n) is 13.6. The lowest BCUT2D eigenvalue weighted by Gasteiger charge is -2.20. The van der Waals surface area contributed by atoms with Crippen LogP contribution >= 0.6 is 0 Å². The highest BCUT2D eigenvalue weighted by Crippen LogP contribution is 2.29. The summed E-state index contributed by atoms with van der Waals surface area (Å²) in [5, 5.41) is 12.4. The van der Waals surface area contributed by atoms with Crippen LogP contribution in [0.25, 0.3) is 27.7 Å². The topological polar surface area (TPSA) is 97.9 Å². The van der Waals surface area contributed by atoms with Crippen LogP contribution in [0.15, 0.2) is 70.5 Å². The number of rotatable bonds is 6. The maximum Gasteiger partial charge on any atom is 0.290 e. The van der Waals surface area contributed by atoms with E-state index in [-0.39, 0.29) is 16.4 Å². The molecule has 0 saturated heterocycles. The summed E-state index contributed by atoms with van der Waals surface area (Å²) < 4.78 is 17.7. The lowest BCUT2D eigenvalue weighted by atomic mass is 9.86. The van der Waals surface area contributed by atoms with Crippen LogP contribution in [0.1, 0.15) is 37.5 Å². The summed E-state index contributed by atoms with van der Waals surface area (Å²) in [7, 11) is 5.55. The minimum Gasteiger partial charge on any atom is -0.336 e. The molecule has 5 aromatic rings. The first-order chi connectivity index (χ1) is 19.8. The molecule has 0 saturated carbocycles. The highest BCUT2D eigenvalue weighted by Gasteiger charge is 2.20.